The van der Waals surface area contributed by atoms with Crippen molar-refractivity contribution < 1.29 is 18.9 Å². The molecule has 1 saturated heterocycles. The Labute approximate surface area is 134 Å². The van der Waals surface area contributed by atoms with Gasteiger partial charge in [0.15, 0.2) is 5.82 Å². The maximum atomic E-state index is 8.16. The quantitative estimate of drug-likeness (QED) is 0.780. The molecule has 2 aromatic rings. The molecule has 0 bridgehead atoms. The van der Waals surface area contributed by atoms with Crippen LogP contribution >= 0.6 is 0 Å². The van der Waals surface area contributed by atoms with E-state index in [9.17, 15) is 0 Å². The standard InChI is InChI=1S/C14H19BN4O2/c1-10-6-18-19(9-10)12-8-16-11(7-17-12)15-20-13(2,3)14(4,5)21-15/h6-9H,1-5H3/i1D3,6D,7D,8D,9D. The summed E-state index contributed by atoms with van der Waals surface area (Å²) >= 11 is 0. The molecule has 6 nitrogen and oxygen atoms in total. The van der Waals surface area contributed by atoms with E-state index in [1.54, 1.807) is 0 Å². The first-order valence-corrected chi connectivity index (χ1v) is 6.43. The van der Waals surface area contributed by atoms with E-state index < -0.39 is 49.3 Å². The van der Waals surface area contributed by atoms with Gasteiger partial charge in [0.25, 0.3) is 0 Å². The van der Waals surface area contributed by atoms with Crippen LogP contribution in [0.1, 0.15) is 42.9 Å². The third-order valence-corrected chi connectivity index (χ3v) is 3.71. The number of nitrogens with zero attached hydrogens (tertiary/aromatic N) is 4. The fourth-order valence-corrected chi connectivity index (χ4v) is 1.78. The fraction of sp³-hybridized carbons (Fsp3) is 0.500. The second kappa shape index (κ2) is 4.64. The van der Waals surface area contributed by atoms with Crippen molar-refractivity contribution in [2.24, 2.45) is 0 Å². The van der Waals surface area contributed by atoms with Crippen molar-refractivity contribution in [1.82, 2.24) is 19.7 Å². The summed E-state index contributed by atoms with van der Waals surface area (Å²) in [5.74, 6) is -0.320. The first-order chi connectivity index (χ1) is 12.7. The minimum absolute atomic E-state index is 0.00627. The van der Waals surface area contributed by atoms with Crippen LogP contribution in [0, 0.1) is 6.85 Å². The minimum Gasteiger partial charge on any atom is -0.398 e. The summed E-state index contributed by atoms with van der Waals surface area (Å²) in [6.07, 6.45) is -2.03. The SMILES string of the molecule is [2H]c1nc(-n2nc([2H])c(C([2H])([2H])[2H])c2[2H])c([2H])nc1B1OC(C)(C)C(C)(C)O1. The highest BCUT2D eigenvalue weighted by Gasteiger charge is 2.52. The predicted octanol–water partition coefficient (Wildman–Crippen LogP) is 1.27. The zero-order chi connectivity index (χ0) is 21.2. The van der Waals surface area contributed by atoms with Gasteiger partial charge in [0.1, 0.15) is 0 Å². The Bertz CT molecular complexity index is 929. The van der Waals surface area contributed by atoms with Gasteiger partial charge in [-0.3, -0.25) is 4.98 Å². The first kappa shape index (κ1) is 8.05. The lowest BCUT2D eigenvalue weighted by atomic mass is 9.85. The highest BCUT2D eigenvalue weighted by atomic mass is 16.7. The van der Waals surface area contributed by atoms with Gasteiger partial charge < -0.3 is 9.31 Å². The number of hydrogen-bond donors (Lipinski definition) is 0. The average Bonchev–Trinajstić information content (AvgIpc) is 2.93. The Hall–Kier alpha value is -1.73. The smallest absolute Gasteiger partial charge is 0.398 e. The second-order valence-electron chi connectivity index (χ2n) is 5.75. The average molecular weight is 293 g/mol. The third-order valence-electron chi connectivity index (χ3n) is 3.71. The molecule has 0 amide bonds. The van der Waals surface area contributed by atoms with E-state index in [2.05, 4.69) is 15.1 Å². The summed E-state index contributed by atoms with van der Waals surface area (Å²) in [6.45, 7) is 4.63. The maximum Gasteiger partial charge on any atom is 0.516 e. The van der Waals surface area contributed by atoms with Gasteiger partial charge in [-0.2, -0.15) is 5.10 Å². The van der Waals surface area contributed by atoms with Crippen molar-refractivity contribution in [3.8, 4) is 5.82 Å². The van der Waals surface area contributed by atoms with Gasteiger partial charge in [0.05, 0.1) is 34.6 Å². The van der Waals surface area contributed by atoms with Crippen LogP contribution in [-0.4, -0.2) is 38.1 Å². The zero-order valence-corrected chi connectivity index (χ0v) is 12.2. The monoisotopic (exact) mass is 293 g/mol. The molecule has 1 fully saturated rings. The van der Waals surface area contributed by atoms with E-state index in [0.717, 1.165) is 4.68 Å². The minimum atomic E-state index is -2.71. The van der Waals surface area contributed by atoms with Crippen LogP contribution in [0.5, 0.6) is 0 Å². The van der Waals surface area contributed by atoms with E-state index >= 15 is 0 Å². The van der Waals surface area contributed by atoms with Gasteiger partial charge in [-0.05, 0) is 40.1 Å². The topological polar surface area (TPSA) is 62.1 Å². The van der Waals surface area contributed by atoms with Crippen LogP contribution in [0.2, 0.25) is 0 Å². The summed E-state index contributed by atoms with van der Waals surface area (Å²) in [4.78, 5) is 7.98. The largest absolute Gasteiger partial charge is 0.516 e. The van der Waals surface area contributed by atoms with Crippen LogP contribution in [-0.2, 0) is 9.31 Å². The summed E-state index contributed by atoms with van der Waals surface area (Å²) in [5.41, 5.74) is -1.90. The summed E-state index contributed by atoms with van der Waals surface area (Å²) < 4.78 is 66.7. The predicted molar refractivity (Wildman–Crippen MR) is 79.6 cm³/mol. The van der Waals surface area contributed by atoms with E-state index in [-0.39, 0.29) is 17.6 Å². The lowest BCUT2D eigenvalue weighted by molar-refractivity contribution is 0.00578. The van der Waals surface area contributed by atoms with Crippen molar-refractivity contribution in [1.29, 1.82) is 0 Å². The lowest BCUT2D eigenvalue weighted by Crippen LogP contribution is -2.41. The molecular weight excluding hydrogens is 267 g/mol. The molecule has 110 valence electrons. The van der Waals surface area contributed by atoms with Gasteiger partial charge in [-0.1, -0.05) is 0 Å². The molecule has 0 spiro atoms. The van der Waals surface area contributed by atoms with Crippen LogP contribution < -0.4 is 5.59 Å². The molecule has 3 heterocycles. The zero-order valence-electron chi connectivity index (χ0n) is 19.2. The van der Waals surface area contributed by atoms with E-state index in [4.69, 9.17) is 18.9 Å². The molecule has 0 unspecified atom stereocenters. The van der Waals surface area contributed by atoms with Crippen LogP contribution in [0.15, 0.2) is 24.7 Å². The van der Waals surface area contributed by atoms with E-state index in [0.29, 0.717) is 0 Å². The van der Waals surface area contributed by atoms with Gasteiger partial charge in [-0.15, -0.1) is 0 Å². The normalized spacial score (nSPS) is 25.3. The molecule has 1 aliphatic rings. The number of rotatable bonds is 2. The molecule has 0 aromatic carbocycles. The van der Waals surface area contributed by atoms with Crippen molar-refractivity contribution in [2.45, 2.75) is 45.7 Å². The Morgan fingerprint density at radius 1 is 1.14 bits per heavy atom. The van der Waals surface area contributed by atoms with Crippen LogP contribution in [0.3, 0.4) is 0 Å². The van der Waals surface area contributed by atoms with Crippen molar-refractivity contribution in [2.75, 3.05) is 0 Å². The molecule has 0 atom stereocenters. The number of hydrogen-bond acceptors (Lipinski definition) is 5. The lowest BCUT2D eigenvalue weighted by Gasteiger charge is -2.32. The maximum absolute atomic E-state index is 8.16. The number of aromatic nitrogens is 4. The molecule has 0 N–H and O–H groups in total. The molecule has 7 heteroatoms. The van der Waals surface area contributed by atoms with Crippen LogP contribution in [0.4, 0.5) is 0 Å². The molecule has 1 aliphatic heterocycles. The molecule has 21 heavy (non-hydrogen) atoms. The Morgan fingerprint density at radius 3 is 2.48 bits per heavy atom. The Morgan fingerprint density at radius 2 is 1.86 bits per heavy atom. The molecule has 2 aromatic heterocycles. The molecule has 0 saturated carbocycles. The van der Waals surface area contributed by atoms with E-state index in [1.165, 1.54) is 0 Å². The van der Waals surface area contributed by atoms with Crippen LogP contribution in [0.25, 0.3) is 5.82 Å². The highest BCUT2D eigenvalue weighted by Crippen LogP contribution is 2.36. The van der Waals surface area contributed by atoms with Gasteiger partial charge >= 0.3 is 7.12 Å². The van der Waals surface area contributed by atoms with E-state index in [1.807, 2.05) is 27.7 Å². The molecule has 0 radical (unpaired) electrons. The third kappa shape index (κ3) is 2.47. The first-order valence-electron chi connectivity index (χ1n) is 9.93. The fourth-order valence-electron chi connectivity index (χ4n) is 1.78. The van der Waals surface area contributed by atoms with Gasteiger partial charge in [0, 0.05) is 16.5 Å². The molecule has 0 aliphatic carbocycles. The van der Waals surface area contributed by atoms with Gasteiger partial charge in [0.2, 0.25) is 0 Å². The second-order valence-corrected chi connectivity index (χ2v) is 5.75. The Balaban J connectivity index is 2.06. The van der Waals surface area contributed by atoms with Crippen molar-refractivity contribution in [3.05, 3.63) is 30.3 Å². The summed E-state index contributed by atoms with van der Waals surface area (Å²) in [5, 5.41) is 3.69. The molecule has 3 rings (SSSR count). The summed E-state index contributed by atoms with van der Waals surface area (Å²) in [6, 6.07) is 0. The van der Waals surface area contributed by atoms with Gasteiger partial charge in [-0.25, -0.2) is 9.67 Å². The Kier molecular flexibility index (Phi) is 1.78. The highest BCUT2D eigenvalue weighted by molar-refractivity contribution is 6.61. The van der Waals surface area contributed by atoms with Crippen molar-refractivity contribution in [3.63, 3.8) is 0 Å². The van der Waals surface area contributed by atoms with Crippen molar-refractivity contribution >= 4 is 12.7 Å². The summed E-state index contributed by atoms with van der Waals surface area (Å²) in [7, 11) is -0.999. The molecular formula is C14H19BN4O2.